The molecule has 4 rings (SSSR count). The number of H-pyrrole nitrogens is 1. The van der Waals surface area contributed by atoms with E-state index in [4.69, 9.17) is 11.6 Å². The molecular weight excluding hydrogens is 388 g/mol. The number of fused-ring (bicyclic) bond motifs is 1. The summed E-state index contributed by atoms with van der Waals surface area (Å²) in [7, 11) is 5.97. The average Bonchev–Trinajstić information content (AvgIpc) is 3.32. The number of nitrogens with one attached hydrogen (secondary N) is 3. The van der Waals surface area contributed by atoms with E-state index in [2.05, 4.69) is 49.9 Å². The third-order valence-electron chi connectivity index (χ3n) is 4.60. The number of aromatic amines is 1. The maximum Gasteiger partial charge on any atom is 0.225 e. The van der Waals surface area contributed by atoms with Crippen LogP contribution in [0.15, 0.2) is 42.6 Å². The highest BCUT2D eigenvalue weighted by atomic mass is 35.5. The predicted molar refractivity (Wildman–Crippen MR) is 118 cm³/mol. The molecule has 2 heterocycles. The molecule has 0 saturated carbocycles. The normalized spacial score (nSPS) is 11.3. The van der Waals surface area contributed by atoms with Gasteiger partial charge in [-0.3, -0.25) is 5.10 Å². The van der Waals surface area contributed by atoms with Gasteiger partial charge in [-0.15, -0.1) is 5.10 Å². The fourth-order valence-corrected chi connectivity index (χ4v) is 3.24. The molecule has 0 amide bonds. The zero-order valence-corrected chi connectivity index (χ0v) is 17.3. The van der Waals surface area contributed by atoms with Crippen LogP contribution in [0.3, 0.4) is 0 Å². The summed E-state index contributed by atoms with van der Waals surface area (Å²) in [5, 5.41) is 19.6. The van der Waals surface area contributed by atoms with Gasteiger partial charge in [0, 0.05) is 36.8 Å². The number of likely N-dealkylation sites (N-methyl/N-ethyl adjacent to an activating group) is 1. The summed E-state index contributed by atoms with van der Waals surface area (Å²) in [4.78, 5) is 6.77. The molecule has 150 valence electrons. The standard InChI is InChI=1S/C20H23ClN8/c1-28(2)11-10-22-14-6-4-13(5-7-14)19-25-20(29(3)27-19)24-17-9-8-16-15(18(17)21)12-23-26-16/h4-9,12,22H,10-11H2,1-3H3,(H,23,26)(H,24,25,27). The number of benzene rings is 2. The first kappa shape index (κ1) is 19.2. The van der Waals surface area contributed by atoms with Gasteiger partial charge in [0.1, 0.15) is 0 Å². The summed E-state index contributed by atoms with van der Waals surface area (Å²) in [5.41, 5.74) is 3.66. The van der Waals surface area contributed by atoms with Crippen LogP contribution in [0, 0.1) is 0 Å². The largest absolute Gasteiger partial charge is 0.384 e. The van der Waals surface area contributed by atoms with Gasteiger partial charge in [-0.2, -0.15) is 10.1 Å². The average molecular weight is 411 g/mol. The van der Waals surface area contributed by atoms with Crippen LogP contribution < -0.4 is 10.6 Å². The van der Waals surface area contributed by atoms with Crippen molar-refractivity contribution in [2.24, 2.45) is 7.05 Å². The number of aromatic nitrogens is 5. The number of hydrogen-bond donors (Lipinski definition) is 3. The third kappa shape index (κ3) is 4.18. The van der Waals surface area contributed by atoms with E-state index in [1.165, 1.54) is 0 Å². The highest BCUT2D eigenvalue weighted by Gasteiger charge is 2.13. The lowest BCUT2D eigenvalue weighted by Gasteiger charge is -2.11. The van der Waals surface area contributed by atoms with Crippen molar-refractivity contribution in [3.05, 3.63) is 47.6 Å². The lowest BCUT2D eigenvalue weighted by molar-refractivity contribution is 0.425. The SMILES string of the molecule is CN(C)CCNc1ccc(-c2nc(Nc3ccc4[nH]ncc4c3Cl)n(C)n2)cc1. The molecular formula is C20H23ClN8. The second-order valence-corrected chi connectivity index (χ2v) is 7.45. The molecule has 0 spiro atoms. The van der Waals surface area contributed by atoms with Crippen molar-refractivity contribution in [3.8, 4) is 11.4 Å². The van der Waals surface area contributed by atoms with Crippen LogP contribution in [-0.4, -0.2) is 57.0 Å². The van der Waals surface area contributed by atoms with Gasteiger partial charge in [0.2, 0.25) is 5.95 Å². The molecule has 2 aromatic heterocycles. The fraction of sp³-hybridized carbons (Fsp3) is 0.250. The van der Waals surface area contributed by atoms with Crippen LogP contribution in [0.4, 0.5) is 17.3 Å². The van der Waals surface area contributed by atoms with Gasteiger partial charge in [-0.1, -0.05) is 11.6 Å². The minimum atomic E-state index is 0.592. The van der Waals surface area contributed by atoms with E-state index in [0.717, 1.165) is 40.9 Å². The van der Waals surface area contributed by atoms with Gasteiger partial charge >= 0.3 is 0 Å². The molecule has 4 aromatic rings. The Hall–Kier alpha value is -3.10. The zero-order valence-electron chi connectivity index (χ0n) is 16.6. The highest BCUT2D eigenvalue weighted by Crippen LogP contribution is 2.32. The minimum Gasteiger partial charge on any atom is -0.384 e. The molecule has 0 atom stereocenters. The van der Waals surface area contributed by atoms with Crippen LogP contribution in [-0.2, 0) is 7.05 Å². The molecule has 0 saturated heterocycles. The zero-order chi connectivity index (χ0) is 20.4. The van der Waals surface area contributed by atoms with Crippen molar-refractivity contribution in [2.75, 3.05) is 37.8 Å². The topological polar surface area (TPSA) is 86.7 Å². The van der Waals surface area contributed by atoms with Crippen LogP contribution in [0.1, 0.15) is 0 Å². The van der Waals surface area contributed by atoms with E-state index >= 15 is 0 Å². The molecule has 0 aliphatic carbocycles. The lowest BCUT2D eigenvalue weighted by atomic mass is 10.2. The molecule has 0 fully saturated rings. The van der Waals surface area contributed by atoms with Crippen molar-refractivity contribution in [3.63, 3.8) is 0 Å². The highest BCUT2D eigenvalue weighted by molar-refractivity contribution is 6.38. The Morgan fingerprint density at radius 2 is 1.93 bits per heavy atom. The first-order valence-electron chi connectivity index (χ1n) is 9.30. The van der Waals surface area contributed by atoms with Crippen molar-refractivity contribution in [1.29, 1.82) is 0 Å². The van der Waals surface area contributed by atoms with Crippen LogP contribution in [0.25, 0.3) is 22.3 Å². The number of aryl methyl sites for hydroxylation is 1. The molecule has 0 aliphatic heterocycles. The molecule has 0 unspecified atom stereocenters. The van der Waals surface area contributed by atoms with Crippen LogP contribution in [0.5, 0.6) is 0 Å². The van der Waals surface area contributed by atoms with E-state index in [0.29, 0.717) is 16.8 Å². The summed E-state index contributed by atoms with van der Waals surface area (Å²) in [6.07, 6.45) is 1.71. The Bertz CT molecular complexity index is 1110. The van der Waals surface area contributed by atoms with E-state index in [1.807, 2.05) is 43.4 Å². The summed E-state index contributed by atoms with van der Waals surface area (Å²) >= 11 is 6.50. The van der Waals surface area contributed by atoms with Gasteiger partial charge in [-0.05, 0) is 50.5 Å². The van der Waals surface area contributed by atoms with Crippen LogP contribution in [0.2, 0.25) is 5.02 Å². The Morgan fingerprint density at radius 3 is 2.69 bits per heavy atom. The first-order chi connectivity index (χ1) is 14.0. The van der Waals surface area contributed by atoms with E-state index in [1.54, 1.807) is 10.9 Å². The van der Waals surface area contributed by atoms with Gasteiger partial charge in [-0.25, -0.2) is 4.68 Å². The molecule has 29 heavy (non-hydrogen) atoms. The van der Waals surface area contributed by atoms with Crippen molar-refractivity contribution in [2.45, 2.75) is 0 Å². The lowest BCUT2D eigenvalue weighted by Crippen LogP contribution is -2.20. The molecule has 8 nitrogen and oxygen atoms in total. The van der Waals surface area contributed by atoms with Gasteiger partial charge < -0.3 is 15.5 Å². The van der Waals surface area contributed by atoms with E-state index in [-0.39, 0.29) is 0 Å². The molecule has 3 N–H and O–H groups in total. The Morgan fingerprint density at radius 1 is 1.14 bits per heavy atom. The van der Waals surface area contributed by atoms with E-state index in [9.17, 15) is 0 Å². The number of nitrogens with zero attached hydrogens (tertiary/aromatic N) is 5. The predicted octanol–water partition coefficient (Wildman–Crippen LogP) is 3.73. The quantitative estimate of drug-likeness (QED) is 0.430. The molecule has 0 bridgehead atoms. The summed E-state index contributed by atoms with van der Waals surface area (Å²) in [6, 6.07) is 11.9. The third-order valence-corrected chi connectivity index (χ3v) is 5.01. The summed E-state index contributed by atoms with van der Waals surface area (Å²) in [5.74, 6) is 1.26. The monoisotopic (exact) mass is 410 g/mol. The Balaban J connectivity index is 1.50. The molecule has 0 radical (unpaired) electrons. The smallest absolute Gasteiger partial charge is 0.225 e. The Labute approximate surface area is 173 Å². The van der Waals surface area contributed by atoms with Crippen molar-refractivity contribution in [1.82, 2.24) is 29.9 Å². The summed E-state index contributed by atoms with van der Waals surface area (Å²) in [6.45, 7) is 1.87. The summed E-state index contributed by atoms with van der Waals surface area (Å²) < 4.78 is 1.70. The number of rotatable bonds is 7. The van der Waals surface area contributed by atoms with Crippen molar-refractivity contribution >= 4 is 39.8 Å². The molecule has 9 heteroatoms. The minimum absolute atomic E-state index is 0.592. The Kier molecular flexibility index (Phi) is 5.37. The number of hydrogen-bond acceptors (Lipinski definition) is 6. The number of anilines is 3. The van der Waals surface area contributed by atoms with Gasteiger partial charge in [0.15, 0.2) is 5.82 Å². The molecule has 2 aromatic carbocycles. The van der Waals surface area contributed by atoms with Crippen molar-refractivity contribution < 1.29 is 0 Å². The maximum atomic E-state index is 6.50. The van der Waals surface area contributed by atoms with E-state index < -0.39 is 0 Å². The van der Waals surface area contributed by atoms with Gasteiger partial charge in [0.25, 0.3) is 0 Å². The number of halogens is 1. The second kappa shape index (κ2) is 8.10. The van der Waals surface area contributed by atoms with Gasteiger partial charge in [0.05, 0.1) is 22.4 Å². The second-order valence-electron chi connectivity index (χ2n) is 7.07. The fourth-order valence-electron chi connectivity index (χ4n) is 2.98. The molecule has 0 aliphatic rings. The maximum absolute atomic E-state index is 6.50. The first-order valence-corrected chi connectivity index (χ1v) is 9.68. The van der Waals surface area contributed by atoms with Crippen LogP contribution >= 0.6 is 11.6 Å².